The summed E-state index contributed by atoms with van der Waals surface area (Å²) in [4.78, 5) is 8.11. The van der Waals surface area contributed by atoms with Gasteiger partial charge in [0.05, 0.1) is 5.52 Å². The number of aromatic nitrogens is 2. The van der Waals surface area contributed by atoms with Crippen LogP contribution in [0.5, 0.6) is 0 Å². The van der Waals surface area contributed by atoms with E-state index in [1.165, 1.54) is 58.7 Å². The summed E-state index contributed by atoms with van der Waals surface area (Å²) in [5.41, 5.74) is 6.90. The molecule has 0 amide bonds. The summed E-state index contributed by atoms with van der Waals surface area (Å²) in [5.74, 6) is 0. The second-order valence-corrected chi connectivity index (χ2v) is 7.33. The van der Waals surface area contributed by atoms with Crippen LogP contribution < -0.4 is 0 Å². The minimum absolute atomic E-state index is 0.998. The van der Waals surface area contributed by atoms with E-state index in [2.05, 4.69) is 58.5 Å². The van der Waals surface area contributed by atoms with Crippen LogP contribution >= 0.6 is 0 Å². The fourth-order valence-electron chi connectivity index (χ4n) is 4.17. The lowest BCUT2D eigenvalue weighted by molar-refractivity contribution is 0.984. The highest BCUT2D eigenvalue weighted by atomic mass is 14.7. The molecule has 136 valence electrons. The molecule has 0 N–H and O–H groups in total. The second-order valence-electron chi connectivity index (χ2n) is 7.33. The Hall–Kier alpha value is -3.26. The highest BCUT2D eigenvalue weighted by Gasteiger charge is 2.13. The summed E-state index contributed by atoms with van der Waals surface area (Å²) in [6.45, 7) is 0. The lowest BCUT2D eigenvalue weighted by Crippen LogP contribution is -1.99. The van der Waals surface area contributed by atoms with Crippen LogP contribution in [0.2, 0.25) is 0 Å². The molecule has 0 saturated carbocycles. The molecule has 0 radical (unpaired) electrons. The van der Waals surface area contributed by atoms with E-state index < -0.39 is 0 Å². The van der Waals surface area contributed by atoms with E-state index in [1.54, 1.807) is 12.4 Å². The molecule has 2 aromatic carbocycles. The quantitative estimate of drug-likeness (QED) is 0.362. The Bertz CT molecular complexity index is 1090. The van der Waals surface area contributed by atoms with Crippen LogP contribution in [-0.4, -0.2) is 9.97 Å². The van der Waals surface area contributed by atoms with Gasteiger partial charge in [-0.05, 0) is 76.9 Å². The predicted molar refractivity (Wildman–Crippen MR) is 118 cm³/mol. The van der Waals surface area contributed by atoms with E-state index in [1.807, 2.05) is 24.4 Å². The van der Waals surface area contributed by atoms with Gasteiger partial charge in [0.25, 0.3) is 0 Å². The maximum atomic E-state index is 4.14. The second kappa shape index (κ2) is 7.40. The number of aryl methyl sites for hydroxylation is 2. The Morgan fingerprint density at radius 2 is 1.36 bits per heavy atom. The van der Waals surface area contributed by atoms with Gasteiger partial charge in [0, 0.05) is 24.0 Å². The average Bonchev–Trinajstić information content (AvgIpc) is 2.79. The van der Waals surface area contributed by atoms with E-state index in [4.69, 9.17) is 0 Å². The number of allylic oxidation sites excluding steroid dienone is 2. The Balaban J connectivity index is 0.000000145. The van der Waals surface area contributed by atoms with Crippen molar-refractivity contribution in [2.24, 2.45) is 0 Å². The maximum Gasteiger partial charge on any atom is 0.0732 e. The Kier molecular flexibility index (Phi) is 4.46. The summed E-state index contributed by atoms with van der Waals surface area (Å²) < 4.78 is 0. The van der Waals surface area contributed by atoms with Crippen molar-refractivity contribution in [3.63, 3.8) is 0 Å². The third-order valence-electron chi connectivity index (χ3n) is 5.60. The van der Waals surface area contributed by atoms with Gasteiger partial charge in [-0.15, -0.1) is 0 Å². The standard InChI is InChI=1S/C18H16.C8H6N2/c1-3-7-15-13(5-1)9-11-18-16-8-4-2-6-14(16)10-12-17(15)18;1-2-7-6-9-5-3-8(7)10-4-1/h3-4,7-12H,1-2,5-6H2;1-6H. The number of benzene rings is 2. The molecule has 2 nitrogen and oxygen atoms in total. The molecule has 0 bridgehead atoms. The molecule has 0 spiro atoms. The number of rotatable bonds is 0. The molecule has 0 aliphatic heterocycles. The molecular formula is C26H22N2. The molecular weight excluding hydrogens is 340 g/mol. The first kappa shape index (κ1) is 16.9. The van der Waals surface area contributed by atoms with Crippen molar-refractivity contribution in [1.29, 1.82) is 0 Å². The van der Waals surface area contributed by atoms with Gasteiger partial charge in [-0.2, -0.15) is 0 Å². The normalized spacial score (nSPS) is 14.3. The first-order valence-corrected chi connectivity index (χ1v) is 9.95. The number of hydrogen-bond donors (Lipinski definition) is 0. The van der Waals surface area contributed by atoms with E-state index in [-0.39, 0.29) is 0 Å². The molecule has 4 aromatic rings. The van der Waals surface area contributed by atoms with Crippen LogP contribution in [-0.2, 0) is 12.8 Å². The highest BCUT2D eigenvalue weighted by Crippen LogP contribution is 2.33. The molecule has 2 aliphatic carbocycles. The van der Waals surface area contributed by atoms with Crippen molar-refractivity contribution < 1.29 is 0 Å². The zero-order chi connectivity index (χ0) is 18.8. The van der Waals surface area contributed by atoms with Crippen molar-refractivity contribution in [2.75, 3.05) is 0 Å². The SMILES string of the molecule is C1=Cc2c(ccc3c4c(ccc23)CCC=C4)CC1.c1cnc2ccncc2c1. The third-order valence-corrected chi connectivity index (χ3v) is 5.60. The maximum absolute atomic E-state index is 4.14. The average molecular weight is 362 g/mol. The molecule has 2 aromatic heterocycles. The minimum atomic E-state index is 0.998. The fourth-order valence-corrected chi connectivity index (χ4v) is 4.17. The predicted octanol–water partition coefficient (Wildman–Crippen LogP) is 6.39. The lowest BCUT2D eigenvalue weighted by atomic mass is 9.87. The van der Waals surface area contributed by atoms with E-state index in [0.29, 0.717) is 0 Å². The Labute approximate surface area is 165 Å². The first-order valence-electron chi connectivity index (χ1n) is 9.95. The summed E-state index contributed by atoms with van der Waals surface area (Å²) in [6, 6.07) is 15.1. The van der Waals surface area contributed by atoms with Crippen LogP contribution in [0.1, 0.15) is 35.1 Å². The fraction of sp³-hybridized carbons (Fsp3) is 0.154. The Morgan fingerprint density at radius 1 is 0.679 bits per heavy atom. The topological polar surface area (TPSA) is 25.8 Å². The van der Waals surface area contributed by atoms with Gasteiger partial charge in [0.15, 0.2) is 0 Å². The number of fused-ring (bicyclic) bond motifs is 6. The molecule has 0 fully saturated rings. The van der Waals surface area contributed by atoms with Crippen molar-refractivity contribution in [3.05, 3.63) is 95.5 Å². The third kappa shape index (κ3) is 3.11. The largest absolute Gasteiger partial charge is 0.264 e. The molecule has 0 saturated heterocycles. The van der Waals surface area contributed by atoms with Gasteiger partial charge in [0.1, 0.15) is 0 Å². The Morgan fingerprint density at radius 3 is 2.00 bits per heavy atom. The van der Waals surface area contributed by atoms with Crippen molar-refractivity contribution in [3.8, 4) is 0 Å². The van der Waals surface area contributed by atoms with Gasteiger partial charge < -0.3 is 0 Å². The molecule has 0 atom stereocenters. The van der Waals surface area contributed by atoms with Crippen LogP contribution in [0, 0.1) is 0 Å². The first-order chi connectivity index (χ1) is 13.9. The van der Waals surface area contributed by atoms with Crippen molar-refractivity contribution in [1.82, 2.24) is 9.97 Å². The summed E-state index contributed by atoms with van der Waals surface area (Å²) in [7, 11) is 0. The number of pyridine rings is 2. The zero-order valence-corrected chi connectivity index (χ0v) is 15.8. The van der Waals surface area contributed by atoms with Gasteiger partial charge in [0.2, 0.25) is 0 Å². The van der Waals surface area contributed by atoms with E-state index >= 15 is 0 Å². The van der Waals surface area contributed by atoms with Gasteiger partial charge >= 0.3 is 0 Å². The molecule has 2 heteroatoms. The van der Waals surface area contributed by atoms with Gasteiger partial charge in [-0.1, -0.05) is 48.6 Å². The van der Waals surface area contributed by atoms with E-state index in [9.17, 15) is 0 Å². The van der Waals surface area contributed by atoms with Crippen LogP contribution in [0.3, 0.4) is 0 Å². The summed E-state index contributed by atoms with van der Waals surface area (Å²) in [6.07, 6.45) is 19.3. The molecule has 0 unspecified atom stereocenters. The minimum Gasteiger partial charge on any atom is -0.264 e. The molecule has 2 aliphatic rings. The van der Waals surface area contributed by atoms with Crippen LogP contribution in [0.4, 0.5) is 0 Å². The molecule has 2 heterocycles. The smallest absolute Gasteiger partial charge is 0.0732 e. The van der Waals surface area contributed by atoms with E-state index in [0.717, 1.165) is 10.9 Å². The highest BCUT2D eigenvalue weighted by molar-refractivity contribution is 5.98. The van der Waals surface area contributed by atoms with Crippen molar-refractivity contribution in [2.45, 2.75) is 25.7 Å². The van der Waals surface area contributed by atoms with Crippen molar-refractivity contribution >= 4 is 33.8 Å². The van der Waals surface area contributed by atoms with Crippen LogP contribution in [0.25, 0.3) is 33.8 Å². The summed E-state index contributed by atoms with van der Waals surface area (Å²) >= 11 is 0. The molecule has 6 rings (SSSR count). The number of nitrogens with zero attached hydrogens (tertiary/aromatic N) is 2. The lowest BCUT2D eigenvalue weighted by Gasteiger charge is -2.18. The monoisotopic (exact) mass is 362 g/mol. The molecule has 28 heavy (non-hydrogen) atoms. The van der Waals surface area contributed by atoms with Gasteiger partial charge in [-0.3, -0.25) is 9.97 Å². The van der Waals surface area contributed by atoms with Gasteiger partial charge in [-0.25, -0.2) is 0 Å². The van der Waals surface area contributed by atoms with Crippen LogP contribution in [0.15, 0.2) is 73.2 Å². The zero-order valence-electron chi connectivity index (χ0n) is 15.8. The number of hydrogen-bond acceptors (Lipinski definition) is 2. The summed E-state index contributed by atoms with van der Waals surface area (Å²) in [5, 5.41) is 3.94.